The van der Waals surface area contributed by atoms with Crippen LogP contribution in [-0.2, 0) is 0 Å². The van der Waals surface area contributed by atoms with Gasteiger partial charge >= 0.3 is 0 Å². The molecule has 7 heteroatoms. The van der Waals surface area contributed by atoms with E-state index in [1.807, 2.05) is 13.8 Å². The summed E-state index contributed by atoms with van der Waals surface area (Å²) in [6, 6.07) is 5.87. The van der Waals surface area contributed by atoms with E-state index in [-0.39, 0.29) is 36.1 Å². The lowest BCUT2D eigenvalue weighted by Gasteiger charge is -2.21. The SMILES string of the molecule is CC(C)c1nc(C(=O)N2CCC[C@@H]2CO)nn1-c1cccc(F)c1. The van der Waals surface area contributed by atoms with Gasteiger partial charge in [0, 0.05) is 12.5 Å². The Morgan fingerprint density at radius 2 is 2.25 bits per heavy atom. The van der Waals surface area contributed by atoms with E-state index in [9.17, 15) is 14.3 Å². The molecule has 1 aliphatic heterocycles. The highest BCUT2D eigenvalue weighted by Crippen LogP contribution is 2.22. The second-order valence-corrected chi connectivity index (χ2v) is 6.32. The Kier molecular flexibility index (Phi) is 4.62. The fourth-order valence-electron chi connectivity index (χ4n) is 3.01. The standard InChI is InChI=1S/C17H21FN4O2/c1-11(2)16-19-15(17(24)21-8-4-7-14(21)10-23)20-22(16)13-6-3-5-12(18)9-13/h3,5-6,9,11,14,23H,4,7-8,10H2,1-2H3/t14-/m1/s1. The first kappa shape index (κ1) is 16.6. The van der Waals surface area contributed by atoms with Crippen molar-refractivity contribution in [3.8, 4) is 5.69 Å². The zero-order valence-corrected chi connectivity index (χ0v) is 13.8. The van der Waals surface area contributed by atoms with Gasteiger partial charge in [0.05, 0.1) is 18.3 Å². The van der Waals surface area contributed by atoms with Crippen molar-refractivity contribution in [2.45, 2.75) is 38.6 Å². The van der Waals surface area contributed by atoms with Crippen molar-refractivity contribution >= 4 is 5.91 Å². The van der Waals surface area contributed by atoms with Gasteiger partial charge in [0.25, 0.3) is 5.91 Å². The monoisotopic (exact) mass is 332 g/mol. The van der Waals surface area contributed by atoms with Crippen molar-refractivity contribution < 1.29 is 14.3 Å². The zero-order chi connectivity index (χ0) is 17.3. The molecule has 0 unspecified atom stereocenters. The van der Waals surface area contributed by atoms with E-state index in [2.05, 4.69) is 10.1 Å². The van der Waals surface area contributed by atoms with Gasteiger partial charge in [0.2, 0.25) is 5.82 Å². The van der Waals surface area contributed by atoms with Crippen molar-refractivity contribution in [3.05, 3.63) is 41.7 Å². The van der Waals surface area contributed by atoms with E-state index in [1.54, 1.807) is 17.0 Å². The number of halogens is 1. The van der Waals surface area contributed by atoms with Gasteiger partial charge in [-0.2, -0.15) is 0 Å². The first-order valence-corrected chi connectivity index (χ1v) is 8.16. The smallest absolute Gasteiger partial charge is 0.293 e. The molecule has 1 aromatic carbocycles. The summed E-state index contributed by atoms with van der Waals surface area (Å²) < 4.78 is 15.0. The molecule has 1 N–H and O–H groups in total. The number of benzene rings is 1. The third-order valence-electron chi connectivity index (χ3n) is 4.24. The lowest BCUT2D eigenvalue weighted by atomic mass is 10.2. The van der Waals surface area contributed by atoms with Crippen LogP contribution in [0, 0.1) is 5.82 Å². The summed E-state index contributed by atoms with van der Waals surface area (Å²) in [6.07, 6.45) is 1.64. The molecule has 2 heterocycles. The predicted molar refractivity (Wildman–Crippen MR) is 86.6 cm³/mol. The molecular formula is C17H21FN4O2. The minimum absolute atomic E-state index is 0.0227. The molecule has 0 spiro atoms. The Hall–Kier alpha value is -2.28. The van der Waals surface area contributed by atoms with Crippen LogP contribution in [0.1, 0.15) is 49.1 Å². The van der Waals surface area contributed by atoms with E-state index >= 15 is 0 Å². The molecule has 24 heavy (non-hydrogen) atoms. The molecule has 0 bridgehead atoms. The Labute approximate surface area is 139 Å². The number of nitrogens with zero attached hydrogens (tertiary/aromatic N) is 4. The molecule has 0 saturated carbocycles. The molecular weight excluding hydrogens is 311 g/mol. The largest absolute Gasteiger partial charge is 0.394 e. The third kappa shape index (κ3) is 3.03. The summed E-state index contributed by atoms with van der Waals surface area (Å²) in [5, 5.41) is 13.7. The van der Waals surface area contributed by atoms with Crippen LogP contribution in [0.25, 0.3) is 5.69 Å². The number of hydrogen-bond acceptors (Lipinski definition) is 4. The maximum atomic E-state index is 13.5. The van der Waals surface area contributed by atoms with Crippen LogP contribution >= 0.6 is 0 Å². The molecule has 1 atom stereocenters. The summed E-state index contributed by atoms with van der Waals surface area (Å²) in [6.45, 7) is 4.42. The number of likely N-dealkylation sites (tertiary alicyclic amines) is 1. The maximum absolute atomic E-state index is 13.5. The van der Waals surface area contributed by atoms with Gasteiger partial charge < -0.3 is 10.0 Å². The fourth-order valence-corrected chi connectivity index (χ4v) is 3.01. The van der Waals surface area contributed by atoms with E-state index < -0.39 is 0 Å². The quantitative estimate of drug-likeness (QED) is 0.931. The van der Waals surface area contributed by atoms with Gasteiger partial charge in [0.15, 0.2) is 0 Å². The summed E-state index contributed by atoms with van der Waals surface area (Å²) in [5.41, 5.74) is 0.533. The number of aliphatic hydroxyl groups excluding tert-OH is 1. The Bertz CT molecular complexity index is 744. The fraction of sp³-hybridized carbons (Fsp3) is 0.471. The van der Waals surface area contributed by atoms with E-state index in [4.69, 9.17) is 0 Å². The molecule has 0 aliphatic carbocycles. The van der Waals surface area contributed by atoms with Crippen LogP contribution in [0.5, 0.6) is 0 Å². The minimum Gasteiger partial charge on any atom is -0.394 e. The Morgan fingerprint density at radius 3 is 2.92 bits per heavy atom. The molecule has 1 amide bonds. The average Bonchev–Trinajstić information content (AvgIpc) is 3.21. The first-order valence-electron chi connectivity index (χ1n) is 8.16. The topological polar surface area (TPSA) is 71.2 Å². The van der Waals surface area contributed by atoms with Crippen molar-refractivity contribution in [2.75, 3.05) is 13.2 Å². The molecule has 3 rings (SSSR count). The van der Waals surface area contributed by atoms with Crippen molar-refractivity contribution in [2.24, 2.45) is 0 Å². The van der Waals surface area contributed by atoms with Crippen LogP contribution in [0.15, 0.2) is 24.3 Å². The molecule has 1 aromatic heterocycles. The van der Waals surface area contributed by atoms with E-state index in [0.29, 0.717) is 18.1 Å². The highest BCUT2D eigenvalue weighted by molar-refractivity contribution is 5.91. The van der Waals surface area contributed by atoms with Crippen LogP contribution in [0.3, 0.4) is 0 Å². The number of carbonyl (C=O) groups excluding carboxylic acids is 1. The van der Waals surface area contributed by atoms with E-state index in [0.717, 1.165) is 12.8 Å². The number of hydrogen-bond donors (Lipinski definition) is 1. The van der Waals surface area contributed by atoms with Gasteiger partial charge in [0.1, 0.15) is 11.6 Å². The van der Waals surface area contributed by atoms with Crippen molar-refractivity contribution in [3.63, 3.8) is 0 Å². The Balaban J connectivity index is 1.98. The van der Waals surface area contributed by atoms with Crippen LogP contribution in [-0.4, -0.2) is 49.9 Å². The highest BCUT2D eigenvalue weighted by atomic mass is 19.1. The zero-order valence-electron chi connectivity index (χ0n) is 13.8. The second-order valence-electron chi connectivity index (χ2n) is 6.32. The summed E-state index contributed by atoms with van der Waals surface area (Å²) in [4.78, 5) is 18.7. The molecule has 0 radical (unpaired) electrons. The van der Waals surface area contributed by atoms with Gasteiger partial charge in [-0.25, -0.2) is 14.1 Å². The molecule has 1 fully saturated rings. The van der Waals surface area contributed by atoms with Crippen LogP contribution in [0.2, 0.25) is 0 Å². The average molecular weight is 332 g/mol. The number of aliphatic hydroxyl groups is 1. The first-order chi connectivity index (χ1) is 11.5. The lowest BCUT2D eigenvalue weighted by molar-refractivity contribution is 0.0665. The van der Waals surface area contributed by atoms with Crippen molar-refractivity contribution in [1.29, 1.82) is 0 Å². The van der Waals surface area contributed by atoms with Crippen LogP contribution in [0.4, 0.5) is 4.39 Å². The molecule has 128 valence electrons. The number of carbonyl (C=O) groups is 1. The molecule has 6 nitrogen and oxygen atoms in total. The number of aromatic nitrogens is 3. The van der Waals surface area contributed by atoms with Gasteiger partial charge in [-0.15, -0.1) is 5.10 Å². The lowest BCUT2D eigenvalue weighted by Crippen LogP contribution is -2.38. The summed E-state index contributed by atoms with van der Waals surface area (Å²) in [5.74, 6) is 0.0515. The minimum atomic E-state index is -0.370. The normalized spacial score (nSPS) is 17.7. The Morgan fingerprint density at radius 1 is 1.46 bits per heavy atom. The molecule has 2 aromatic rings. The van der Waals surface area contributed by atoms with Crippen molar-refractivity contribution in [1.82, 2.24) is 19.7 Å². The van der Waals surface area contributed by atoms with Gasteiger partial charge in [-0.1, -0.05) is 19.9 Å². The second kappa shape index (κ2) is 6.68. The molecule has 1 saturated heterocycles. The van der Waals surface area contributed by atoms with E-state index in [1.165, 1.54) is 16.8 Å². The predicted octanol–water partition coefficient (Wildman–Crippen LogP) is 2.13. The van der Waals surface area contributed by atoms with Gasteiger partial charge in [-0.3, -0.25) is 4.79 Å². The van der Waals surface area contributed by atoms with Crippen LogP contribution < -0.4 is 0 Å². The summed E-state index contributed by atoms with van der Waals surface area (Å²) in [7, 11) is 0. The summed E-state index contributed by atoms with van der Waals surface area (Å²) >= 11 is 0. The number of amides is 1. The molecule has 1 aliphatic rings. The third-order valence-corrected chi connectivity index (χ3v) is 4.24. The highest BCUT2D eigenvalue weighted by Gasteiger charge is 2.32. The maximum Gasteiger partial charge on any atom is 0.293 e. The number of rotatable bonds is 4. The van der Waals surface area contributed by atoms with Gasteiger partial charge in [-0.05, 0) is 31.0 Å².